The molecule has 13 atom stereocenters. The van der Waals surface area contributed by atoms with E-state index in [0.717, 1.165) is 76.4 Å². The largest absolute Gasteiger partial charge is 0.161 e. The van der Waals surface area contributed by atoms with Gasteiger partial charge in [-0.25, -0.2) is 0 Å². The highest BCUT2D eigenvalue weighted by Gasteiger charge is 2.60. The van der Waals surface area contributed by atoms with Crippen LogP contribution in [0.15, 0.2) is 0 Å². The second kappa shape index (κ2) is 14.9. The Labute approximate surface area is 291 Å². The van der Waals surface area contributed by atoms with Crippen LogP contribution >= 0.6 is 70.6 Å². The SMILES string of the molecule is C1SC[C@H]2CC3CSCC4C[C@H]5CSC[C@@H]6CC1CC(CSC[C@]17CC(CSC[C@H](C3)C2)C[C@H](CSC[C@@H](C4)C5)C1C7)C6. The van der Waals surface area contributed by atoms with Crippen LogP contribution in [-0.2, 0) is 0 Å². The van der Waals surface area contributed by atoms with E-state index >= 15 is 0 Å². The molecule has 0 aromatic rings. The maximum Gasteiger partial charge on any atom is -0.000772 e. The lowest BCUT2D eigenvalue weighted by Crippen LogP contribution is -2.32. The van der Waals surface area contributed by atoms with E-state index in [-0.39, 0.29) is 0 Å². The number of hydrogen-bond acceptors (Lipinski definition) is 6. The first-order chi connectivity index (χ1) is 21.2. The van der Waals surface area contributed by atoms with Gasteiger partial charge >= 0.3 is 0 Å². The van der Waals surface area contributed by atoms with Gasteiger partial charge in [-0.15, -0.1) is 0 Å². The van der Waals surface area contributed by atoms with Gasteiger partial charge in [0, 0.05) is 0 Å². The maximum absolute atomic E-state index is 2.45. The predicted octanol–water partition coefficient (Wildman–Crippen LogP) is 10.6. The molecule has 5 aliphatic carbocycles. The lowest BCUT2D eigenvalue weighted by molar-refractivity contribution is 0.227. The molecule has 9 rings (SSSR count). The molecule has 4 aliphatic heterocycles. The normalized spacial score (nSPS) is 51.3. The first kappa shape index (κ1) is 32.3. The van der Waals surface area contributed by atoms with Crippen molar-refractivity contribution in [2.45, 2.75) is 77.0 Å². The molecule has 5 saturated carbocycles. The number of fused-ring (bicyclic) bond motifs is 12. The summed E-state index contributed by atoms with van der Waals surface area (Å²) in [6.45, 7) is 0. The molecule has 0 aromatic carbocycles. The molecule has 4 saturated heterocycles. The standard InChI is InChI=1S/C37H60S6/c1-25-3-29-4-26(1)14-39-17-30-5-31-9-33(8-30)21-43-24-37-11-34(22-41-19-29)10-35(36(37)12-37)23-42-20-32-6-27(15-38-13-25)2-28(7-32)16-40-18-31/h25-36H,1-24H2/t25?,26-,27?,28+,29+,30?,31+,32-,33?,34?,35+,36?,37+/m0/s1. The molecular weight excluding hydrogens is 637 g/mol. The first-order valence-corrected chi connectivity index (χ1v) is 25.5. The average Bonchev–Trinajstić information content (AvgIpc) is 3.71. The van der Waals surface area contributed by atoms with E-state index < -0.39 is 0 Å². The van der Waals surface area contributed by atoms with Crippen LogP contribution in [0.1, 0.15) is 77.0 Å². The molecule has 0 radical (unpaired) electrons. The number of thioether (sulfide) groups is 6. The fraction of sp³-hybridized carbons (Fsp3) is 1.00. The molecule has 244 valence electrons. The summed E-state index contributed by atoms with van der Waals surface area (Å²) in [4.78, 5) is 0. The van der Waals surface area contributed by atoms with Crippen molar-refractivity contribution in [3.63, 3.8) is 0 Å². The Morgan fingerprint density at radius 1 is 0.302 bits per heavy atom. The molecule has 1 spiro atoms. The van der Waals surface area contributed by atoms with Crippen molar-refractivity contribution in [1.29, 1.82) is 0 Å². The van der Waals surface area contributed by atoms with Crippen LogP contribution < -0.4 is 0 Å². The summed E-state index contributed by atoms with van der Waals surface area (Å²) in [5.41, 5.74) is 0.746. The summed E-state index contributed by atoms with van der Waals surface area (Å²) in [5.74, 6) is 30.1. The second-order valence-corrected chi connectivity index (χ2v) is 23.8. The highest BCUT2D eigenvalue weighted by Crippen LogP contribution is 2.67. The van der Waals surface area contributed by atoms with Crippen molar-refractivity contribution in [3.05, 3.63) is 0 Å². The van der Waals surface area contributed by atoms with E-state index in [4.69, 9.17) is 0 Å². The predicted molar refractivity (Wildman–Crippen MR) is 204 cm³/mol. The van der Waals surface area contributed by atoms with Crippen LogP contribution in [0.2, 0.25) is 0 Å². The van der Waals surface area contributed by atoms with Gasteiger partial charge in [0.25, 0.3) is 0 Å². The average molecular weight is 697 g/mol. The minimum Gasteiger partial charge on any atom is -0.161 e. The van der Waals surface area contributed by atoms with Gasteiger partial charge in [0.2, 0.25) is 0 Å². The van der Waals surface area contributed by atoms with Crippen molar-refractivity contribution < 1.29 is 0 Å². The Morgan fingerprint density at radius 3 is 1.02 bits per heavy atom. The summed E-state index contributed by atoms with van der Waals surface area (Å²) in [5, 5.41) is 0. The third-order valence-electron chi connectivity index (χ3n) is 13.4. The van der Waals surface area contributed by atoms with Gasteiger partial charge in [-0.2, -0.15) is 70.6 Å². The second-order valence-electron chi connectivity index (χ2n) is 17.4. The van der Waals surface area contributed by atoms with Gasteiger partial charge in [0.1, 0.15) is 0 Å². The molecule has 43 heavy (non-hydrogen) atoms. The summed E-state index contributed by atoms with van der Waals surface area (Å²) < 4.78 is 0. The summed E-state index contributed by atoms with van der Waals surface area (Å²) in [7, 11) is 0. The molecule has 0 N–H and O–H groups in total. The number of hydrogen-bond donors (Lipinski definition) is 0. The number of rotatable bonds is 0. The van der Waals surface area contributed by atoms with Gasteiger partial charge in [-0.05, 0) is 223 Å². The van der Waals surface area contributed by atoms with Gasteiger partial charge in [-0.1, -0.05) is 0 Å². The van der Waals surface area contributed by atoms with Crippen molar-refractivity contribution in [2.75, 3.05) is 69.0 Å². The molecule has 0 amide bonds. The minimum atomic E-state index is 0.746. The summed E-state index contributed by atoms with van der Waals surface area (Å²) in [6, 6.07) is 0. The van der Waals surface area contributed by atoms with E-state index in [1.807, 2.05) is 0 Å². The lowest BCUT2D eigenvalue weighted by atomic mass is 9.77. The zero-order valence-electron chi connectivity index (χ0n) is 26.8. The van der Waals surface area contributed by atoms with E-state index in [9.17, 15) is 0 Å². The first-order valence-electron chi connectivity index (χ1n) is 18.6. The molecule has 9 aliphatic rings. The zero-order chi connectivity index (χ0) is 28.6. The van der Waals surface area contributed by atoms with Gasteiger partial charge in [-0.3, -0.25) is 0 Å². The lowest BCUT2D eigenvalue weighted by Gasteiger charge is -2.40. The van der Waals surface area contributed by atoms with Crippen molar-refractivity contribution in [2.24, 2.45) is 76.4 Å². The van der Waals surface area contributed by atoms with E-state index in [0.29, 0.717) is 0 Å². The molecule has 4 heterocycles. The van der Waals surface area contributed by atoms with Crippen molar-refractivity contribution in [1.82, 2.24) is 0 Å². The molecule has 0 aromatic heterocycles. The highest BCUT2D eigenvalue weighted by atomic mass is 32.2. The molecule has 12 bridgehead atoms. The van der Waals surface area contributed by atoms with Crippen LogP contribution in [0.3, 0.4) is 0 Å². The van der Waals surface area contributed by atoms with Crippen LogP contribution in [0.4, 0.5) is 0 Å². The smallest absolute Gasteiger partial charge is 0.000772 e. The van der Waals surface area contributed by atoms with Gasteiger partial charge in [0.15, 0.2) is 0 Å². The Kier molecular flexibility index (Phi) is 11.2. The highest BCUT2D eigenvalue weighted by molar-refractivity contribution is 8.00. The van der Waals surface area contributed by atoms with E-state index in [1.165, 1.54) is 69.0 Å². The Balaban J connectivity index is 1.10. The van der Waals surface area contributed by atoms with Crippen LogP contribution in [0.25, 0.3) is 0 Å². The van der Waals surface area contributed by atoms with E-state index in [2.05, 4.69) is 70.6 Å². The van der Waals surface area contributed by atoms with Gasteiger partial charge < -0.3 is 0 Å². The van der Waals surface area contributed by atoms with Crippen LogP contribution in [0, 0.1) is 76.4 Å². The zero-order valence-corrected chi connectivity index (χ0v) is 31.7. The Morgan fingerprint density at radius 2 is 0.628 bits per heavy atom. The molecule has 9 fully saturated rings. The molecular formula is C37H60S6. The third-order valence-corrected chi connectivity index (χ3v) is 21.9. The van der Waals surface area contributed by atoms with Crippen molar-refractivity contribution in [3.8, 4) is 0 Å². The maximum atomic E-state index is 2.45. The monoisotopic (exact) mass is 696 g/mol. The topological polar surface area (TPSA) is 0 Å². The Hall–Kier alpha value is 2.10. The van der Waals surface area contributed by atoms with Gasteiger partial charge in [0.05, 0.1) is 0 Å². The quantitative estimate of drug-likeness (QED) is 0.245. The third kappa shape index (κ3) is 8.29. The fourth-order valence-corrected chi connectivity index (χ4v) is 20.2. The van der Waals surface area contributed by atoms with Crippen LogP contribution in [0.5, 0.6) is 0 Å². The summed E-state index contributed by atoms with van der Waals surface area (Å²) in [6.07, 6.45) is 18.8. The molecule has 0 nitrogen and oxygen atoms in total. The minimum absolute atomic E-state index is 0.746. The van der Waals surface area contributed by atoms with Crippen molar-refractivity contribution >= 4 is 70.6 Å². The fourth-order valence-electron chi connectivity index (χ4n) is 11.8. The van der Waals surface area contributed by atoms with E-state index in [1.54, 1.807) is 77.0 Å². The molecule has 6 heteroatoms. The molecule has 6 unspecified atom stereocenters. The summed E-state index contributed by atoms with van der Waals surface area (Å²) >= 11 is 14.6. The van der Waals surface area contributed by atoms with Crippen LogP contribution in [-0.4, -0.2) is 69.0 Å². The Bertz CT molecular complexity index is 882.